The van der Waals surface area contributed by atoms with Crippen molar-refractivity contribution in [2.75, 3.05) is 47.5 Å². The number of carbonyl (C=O) groups excluding carboxylic acids is 2. The molecule has 0 heterocycles. The second-order valence-electron chi connectivity index (χ2n) is 19.3. The number of nitrogens with zero attached hydrogens (tertiary/aromatic N) is 1. The number of ether oxygens (including phenoxy) is 2. The molecule has 0 fully saturated rings. The maximum atomic E-state index is 12.7. The molecule has 9 nitrogen and oxygen atoms in total. The number of quaternary nitrogens is 1. The fourth-order valence-electron chi connectivity index (χ4n) is 7.78. The molecule has 0 aliphatic heterocycles. The van der Waals surface area contributed by atoms with Gasteiger partial charge in [0.25, 0.3) is 0 Å². The second-order valence-corrected chi connectivity index (χ2v) is 20.7. The predicted molar refractivity (Wildman–Crippen MR) is 257 cm³/mol. The molecule has 364 valence electrons. The van der Waals surface area contributed by atoms with Gasteiger partial charge in [0.2, 0.25) is 0 Å². The fourth-order valence-corrected chi connectivity index (χ4v) is 8.52. The summed E-state index contributed by atoms with van der Waals surface area (Å²) in [7, 11) is 1.50. The van der Waals surface area contributed by atoms with Gasteiger partial charge in [0, 0.05) is 12.8 Å². The van der Waals surface area contributed by atoms with Crippen molar-refractivity contribution < 1.29 is 42.1 Å². The molecular weight excluding hydrogens is 786 g/mol. The number of esters is 2. The van der Waals surface area contributed by atoms with Crippen LogP contribution in [0.15, 0.2) is 0 Å². The molecule has 0 saturated heterocycles. The summed E-state index contributed by atoms with van der Waals surface area (Å²) in [5.41, 5.74) is 0. The second kappa shape index (κ2) is 44.2. The van der Waals surface area contributed by atoms with E-state index in [1.807, 2.05) is 21.1 Å². The first-order chi connectivity index (χ1) is 29.5. The molecular formula is C51H103NO8P+. The van der Waals surface area contributed by atoms with Crippen molar-refractivity contribution in [3.05, 3.63) is 0 Å². The lowest BCUT2D eigenvalue weighted by Crippen LogP contribution is -2.37. The van der Waals surface area contributed by atoms with Gasteiger partial charge in [-0.05, 0) is 12.8 Å². The van der Waals surface area contributed by atoms with E-state index in [1.54, 1.807) is 0 Å². The minimum absolute atomic E-state index is 0.0372. The van der Waals surface area contributed by atoms with Crippen LogP contribution in [0.25, 0.3) is 0 Å². The summed E-state index contributed by atoms with van der Waals surface area (Å²) in [6.45, 7) is 4.49. The number of phosphoric ester groups is 1. The monoisotopic (exact) mass is 889 g/mol. The SMILES string of the molecule is CCCCCCCCCCCCCCCCCCCCCCC(=O)OCC(COP(=O)(O)OCC[N+](C)(C)C)OC(=O)CCCCCCCCCCCCCCCCCCC. The molecule has 10 heteroatoms. The van der Waals surface area contributed by atoms with Gasteiger partial charge >= 0.3 is 19.8 Å². The van der Waals surface area contributed by atoms with Crippen molar-refractivity contribution in [3.8, 4) is 0 Å². The molecule has 0 spiro atoms. The average molecular weight is 889 g/mol. The molecule has 61 heavy (non-hydrogen) atoms. The fraction of sp³-hybridized carbons (Fsp3) is 0.961. The highest BCUT2D eigenvalue weighted by Crippen LogP contribution is 2.43. The number of phosphoric acid groups is 1. The minimum Gasteiger partial charge on any atom is -0.462 e. The highest BCUT2D eigenvalue weighted by Gasteiger charge is 2.27. The van der Waals surface area contributed by atoms with Gasteiger partial charge in [-0.15, -0.1) is 0 Å². The molecule has 0 aromatic carbocycles. The lowest BCUT2D eigenvalue weighted by molar-refractivity contribution is -0.870. The molecule has 0 aromatic rings. The van der Waals surface area contributed by atoms with Gasteiger partial charge in [0.05, 0.1) is 27.7 Å². The first kappa shape index (κ1) is 60.0. The van der Waals surface area contributed by atoms with E-state index in [4.69, 9.17) is 18.5 Å². The van der Waals surface area contributed by atoms with E-state index in [0.29, 0.717) is 17.4 Å². The summed E-state index contributed by atoms with van der Waals surface area (Å²) in [4.78, 5) is 35.5. The van der Waals surface area contributed by atoms with Gasteiger partial charge in [-0.25, -0.2) is 4.57 Å². The number of hydrogen-bond acceptors (Lipinski definition) is 7. The van der Waals surface area contributed by atoms with Crippen molar-refractivity contribution in [2.24, 2.45) is 0 Å². The Balaban J connectivity index is 4.18. The van der Waals surface area contributed by atoms with Gasteiger partial charge in [0.15, 0.2) is 6.10 Å². The molecule has 1 N–H and O–H groups in total. The Morgan fingerprint density at radius 3 is 1.05 bits per heavy atom. The van der Waals surface area contributed by atoms with Crippen LogP contribution in [0.4, 0.5) is 0 Å². The standard InChI is InChI=1S/C51H102NO8P/c1-6-8-10-12-14-16-18-20-22-24-25-26-28-29-31-33-35-37-39-41-43-50(53)57-47-49(48-59-61(55,56)58-46-45-52(3,4)5)60-51(54)44-42-40-38-36-34-32-30-27-23-21-19-17-15-13-11-9-7-2/h49H,6-48H2,1-5H3/p+1. The Bertz CT molecular complexity index is 1010. The van der Waals surface area contributed by atoms with E-state index in [-0.39, 0.29) is 25.6 Å². The van der Waals surface area contributed by atoms with Crippen molar-refractivity contribution in [3.63, 3.8) is 0 Å². The summed E-state index contributed by atoms with van der Waals surface area (Å²) in [6.07, 6.45) is 47.2. The molecule has 0 aliphatic carbocycles. The van der Waals surface area contributed by atoms with Gasteiger partial charge in [-0.1, -0.05) is 239 Å². The van der Waals surface area contributed by atoms with Crippen molar-refractivity contribution in [1.82, 2.24) is 0 Å². The Morgan fingerprint density at radius 1 is 0.443 bits per heavy atom. The Labute approximate surface area is 378 Å². The summed E-state index contributed by atoms with van der Waals surface area (Å²) in [5.74, 6) is -0.776. The lowest BCUT2D eigenvalue weighted by atomic mass is 10.0. The van der Waals surface area contributed by atoms with Gasteiger partial charge in [0.1, 0.15) is 19.8 Å². The first-order valence-corrected chi connectivity index (χ1v) is 27.8. The normalized spacial score (nSPS) is 13.3. The molecule has 0 aromatic heterocycles. The molecule has 0 rings (SSSR count). The van der Waals surface area contributed by atoms with E-state index < -0.39 is 26.5 Å². The van der Waals surface area contributed by atoms with Gasteiger partial charge < -0.3 is 18.9 Å². The number of carbonyl (C=O) groups is 2. The van der Waals surface area contributed by atoms with Gasteiger partial charge in [-0.3, -0.25) is 18.6 Å². The summed E-state index contributed by atoms with van der Waals surface area (Å²) >= 11 is 0. The van der Waals surface area contributed by atoms with Crippen LogP contribution in [0.1, 0.15) is 264 Å². The Kier molecular flexibility index (Phi) is 43.5. The van der Waals surface area contributed by atoms with E-state index in [0.717, 1.165) is 38.5 Å². The summed E-state index contributed by atoms with van der Waals surface area (Å²) < 4.78 is 34.5. The largest absolute Gasteiger partial charge is 0.472 e. The van der Waals surface area contributed by atoms with Crippen LogP contribution < -0.4 is 0 Å². The number of rotatable bonds is 49. The van der Waals surface area contributed by atoms with Crippen molar-refractivity contribution in [2.45, 2.75) is 270 Å². The molecule has 0 radical (unpaired) electrons. The third-order valence-electron chi connectivity index (χ3n) is 11.9. The molecule has 0 amide bonds. The number of likely N-dealkylation sites (N-methyl/N-ethyl adjacent to an activating group) is 1. The van der Waals surface area contributed by atoms with E-state index in [2.05, 4.69) is 13.8 Å². The highest BCUT2D eigenvalue weighted by molar-refractivity contribution is 7.47. The average Bonchev–Trinajstić information content (AvgIpc) is 3.21. The Morgan fingerprint density at radius 2 is 0.738 bits per heavy atom. The van der Waals surface area contributed by atoms with Crippen LogP contribution in [0.5, 0.6) is 0 Å². The third-order valence-corrected chi connectivity index (χ3v) is 12.9. The maximum Gasteiger partial charge on any atom is 0.472 e. The van der Waals surface area contributed by atoms with E-state index >= 15 is 0 Å². The minimum atomic E-state index is -4.37. The molecule has 0 bridgehead atoms. The zero-order valence-corrected chi connectivity index (χ0v) is 42.1. The Hall–Kier alpha value is -0.990. The zero-order valence-electron chi connectivity index (χ0n) is 41.2. The van der Waals surface area contributed by atoms with Crippen molar-refractivity contribution in [1.29, 1.82) is 0 Å². The maximum absolute atomic E-state index is 12.7. The smallest absolute Gasteiger partial charge is 0.462 e. The first-order valence-electron chi connectivity index (χ1n) is 26.3. The molecule has 0 saturated carbocycles. The quantitative estimate of drug-likeness (QED) is 0.0278. The molecule has 2 atom stereocenters. The van der Waals surface area contributed by atoms with Crippen molar-refractivity contribution >= 4 is 19.8 Å². The van der Waals surface area contributed by atoms with Crippen LogP contribution >= 0.6 is 7.82 Å². The third kappa shape index (κ3) is 48.3. The number of unbranched alkanes of at least 4 members (excludes halogenated alkanes) is 35. The highest BCUT2D eigenvalue weighted by atomic mass is 31.2. The van der Waals surface area contributed by atoms with Crippen LogP contribution in [0, 0.1) is 0 Å². The van der Waals surface area contributed by atoms with Crippen LogP contribution in [0.2, 0.25) is 0 Å². The molecule has 2 unspecified atom stereocenters. The van der Waals surface area contributed by atoms with Crippen LogP contribution in [-0.2, 0) is 32.7 Å². The molecule has 0 aliphatic rings. The van der Waals surface area contributed by atoms with Gasteiger partial charge in [-0.2, -0.15) is 0 Å². The topological polar surface area (TPSA) is 108 Å². The summed E-state index contributed by atoms with van der Waals surface area (Å²) in [5, 5.41) is 0. The van der Waals surface area contributed by atoms with Crippen LogP contribution in [0.3, 0.4) is 0 Å². The zero-order chi connectivity index (χ0) is 45.0. The van der Waals surface area contributed by atoms with Crippen LogP contribution in [-0.4, -0.2) is 74.9 Å². The number of hydrogen-bond donors (Lipinski definition) is 1. The van der Waals surface area contributed by atoms with E-state index in [1.165, 1.54) is 199 Å². The van der Waals surface area contributed by atoms with E-state index in [9.17, 15) is 19.0 Å². The lowest BCUT2D eigenvalue weighted by Gasteiger charge is -2.24. The summed E-state index contributed by atoms with van der Waals surface area (Å²) in [6, 6.07) is 0. The predicted octanol–water partition coefficient (Wildman–Crippen LogP) is 15.5.